The quantitative estimate of drug-likeness (QED) is 0.631. The van der Waals surface area contributed by atoms with Crippen LogP contribution < -0.4 is 16.0 Å². The van der Waals surface area contributed by atoms with Crippen LogP contribution in [0.2, 0.25) is 0 Å². The van der Waals surface area contributed by atoms with Crippen LogP contribution in [0.15, 0.2) is 27.8 Å². The second-order valence-corrected chi connectivity index (χ2v) is 10.8. The van der Waals surface area contributed by atoms with E-state index in [2.05, 4.69) is 0 Å². The van der Waals surface area contributed by atoms with Crippen molar-refractivity contribution in [1.29, 1.82) is 0 Å². The number of amides is 2. The first-order valence-electron chi connectivity index (χ1n) is 13.1. The Morgan fingerprint density at radius 2 is 1.64 bits per heavy atom. The SMILES string of the molecule is COc1ccc2c(c1)c(=O)n(C[C@H]1CC[C@H](C(=O)N3CCN(C(=O)C4CC4)[C@H](C)C3)CC1)c(=O)n2C. The molecule has 2 aromatic rings. The molecule has 1 atom stereocenters. The number of ether oxygens (including phenoxy) is 1. The second kappa shape index (κ2) is 9.75. The van der Waals surface area contributed by atoms with E-state index >= 15 is 0 Å². The van der Waals surface area contributed by atoms with E-state index in [1.807, 2.05) is 16.7 Å². The van der Waals surface area contributed by atoms with Gasteiger partial charge < -0.3 is 14.5 Å². The molecule has 1 aromatic heterocycles. The third-order valence-electron chi connectivity index (χ3n) is 8.34. The third kappa shape index (κ3) is 4.55. The molecule has 0 N–H and O–H groups in total. The van der Waals surface area contributed by atoms with E-state index in [-0.39, 0.29) is 46.9 Å². The van der Waals surface area contributed by atoms with Crippen LogP contribution >= 0.6 is 0 Å². The van der Waals surface area contributed by atoms with Crippen molar-refractivity contribution < 1.29 is 14.3 Å². The van der Waals surface area contributed by atoms with Crippen molar-refractivity contribution in [2.75, 3.05) is 26.7 Å². The number of methoxy groups -OCH3 is 1. The topological polar surface area (TPSA) is 93.8 Å². The fourth-order valence-corrected chi connectivity index (χ4v) is 5.94. The Bertz CT molecular complexity index is 1290. The fourth-order valence-electron chi connectivity index (χ4n) is 5.94. The van der Waals surface area contributed by atoms with Crippen molar-refractivity contribution >= 4 is 22.7 Å². The van der Waals surface area contributed by atoms with Gasteiger partial charge in [0.05, 0.1) is 18.0 Å². The van der Waals surface area contributed by atoms with Crippen molar-refractivity contribution in [3.05, 3.63) is 39.0 Å². The molecule has 0 unspecified atom stereocenters. The highest BCUT2D eigenvalue weighted by molar-refractivity contribution is 5.83. The molecule has 194 valence electrons. The molecule has 36 heavy (non-hydrogen) atoms. The van der Waals surface area contributed by atoms with Gasteiger partial charge >= 0.3 is 5.69 Å². The van der Waals surface area contributed by atoms with E-state index in [0.717, 1.165) is 38.5 Å². The first-order chi connectivity index (χ1) is 17.3. The lowest BCUT2D eigenvalue weighted by atomic mass is 9.81. The number of piperazine rings is 1. The zero-order valence-electron chi connectivity index (χ0n) is 21.4. The van der Waals surface area contributed by atoms with E-state index < -0.39 is 0 Å². The number of carbonyl (C=O) groups is 2. The molecule has 2 saturated carbocycles. The molecule has 1 saturated heterocycles. The lowest BCUT2D eigenvalue weighted by molar-refractivity contribution is -0.146. The molecule has 2 aliphatic carbocycles. The highest BCUT2D eigenvalue weighted by Gasteiger charge is 2.39. The van der Waals surface area contributed by atoms with Gasteiger partial charge in [-0.1, -0.05) is 0 Å². The van der Waals surface area contributed by atoms with Crippen LogP contribution in [0.25, 0.3) is 10.9 Å². The number of aryl methyl sites for hydroxylation is 1. The van der Waals surface area contributed by atoms with Gasteiger partial charge in [-0.25, -0.2) is 4.79 Å². The maximum Gasteiger partial charge on any atom is 0.331 e. The van der Waals surface area contributed by atoms with Gasteiger partial charge in [-0.05, 0) is 69.6 Å². The summed E-state index contributed by atoms with van der Waals surface area (Å²) in [5, 5.41) is 0.466. The molecule has 2 amide bonds. The molecule has 1 aliphatic heterocycles. The summed E-state index contributed by atoms with van der Waals surface area (Å²) < 4.78 is 8.12. The van der Waals surface area contributed by atoms with E-state index in [0.29, 0.717) is 42.8 Å². The zero-order valence-corrected chi connectivity index (χ0v) is 21.4. The van der Waals surface area contributed by atoms with Crippen molar-refractivity contribution in [3.8, 4) is 5.75 Å². The van der Waals surface area contributed by atoms with Gasteiger partial charge in [-0.2, -0.15) is 0 Å². The molecule has 0 radical (unpaired) electrons. The summed E-state index contributed by atoms with van der Waals surface area (Å²) >= 11 is 0. The van der Waals surface area contributed by atoms with Gasteiger partial charge in [-0.3, -0.25) is 23.5 Å². The fraction of sp³-hybridized carbons (Fsp3) is 0.630. The molecule has 0 spiro atoms. The largest absolute Gasteiger partial charge is 0.497 e. The highest BCUT2D eigenvalue weighted by atomic mass is 16.5. The second-order valence-electron chi connectivity index (χ2n) is 10.8. The molecule has 1 aromatic carbocycles. The van der Waals surface area contributed by atoms with Gasteiger partial charge in [0.1, 0.15) is 5.75 Å². The van der Waals surface area contributed by atoms with Crippen molar-refractivity contribution in [3.63, 3.8) is 0 Å². The van der Waals surface area contributed by atoms with Gasteiger partial charge in [0.2, 0.25) is 11.8 Å². The van der Waals surface area contributed by atoms with Gasteiger partial charge in [-0.15, -0.1) is 0 Å². The maximum atomic E-state index is 13.2. The molecular formula is C27H36N4O5. The number of nitrogens with zero attached hydrogens (tertiary/aromatic N) is 4. The number of benzene rings is 1. The number of rotatable bonds is 5. The average Bonchev–Trinajstić information content (AvgIpc) is 3.75. The number of hydrogen-bond acceptors (Lipinski definition) is 5. The summed E-state index contributed by atoms with van der Waals surface area (Å²) in [5.74, 6) is 1.37. The van der Waals surface area contributed by atoms with Crippen LogP contribution in [0.1, 0.15) is 45.4 Å². The number of hydrogen-bond donors (Lipinski definition) is 0. The molecule has 2 heterocycles. The van der Waals surface area contributed by atoms with E-state index in [1.165, 1.54) is 9.13 Å². The monoisotopic (exact) mass is 496 g/mol. The predicted octanol–water partition coefficient (Wildman–Crippen LogP) is 1.98. The Hall–Kier alpha value is -3.10. The smallest absolute Gasteiger partial charge is 0.331 e. The summed E-state index contributed by atoms with van der Waals surface area (Å²) in [7, 11) is 3.23. The van der Waals surface area contributed by atoms with E-state index in [9.17, 15) is 19.2 Å². The van der Waals surface area contributed by atoms with Crippen molar-refractivity contribution in [1.82, 2.24) is 18.9 Å². The predicted molar refractivity (Wildman–Crippen MR) is 136 cm³/mol. The van der Waals surface area contributed by atoms with E-state index in [1.54, 1.807) is 32.4 Å². The summed E-state index contributed by atoms with van der Waals surface area (Å²) in [6, 6.07) is 5.22. The van der Waals surface area contributed by atoms with Gasteiger partial charge in [0.25, 0.3) is 5.56 Å². The lowest BCUT2D eigenvalue weighted by Gasteiger charge is -2.42. The van der Waals surface area contributed by atoms with Crippen LogP contribution in [-0.2, 0) is 23.2 Å². The van der Waals surface area contributed by atoms with Crippen molar-refractivity contribution in [2.45, 2.75) is 58.0 Å². The minimum absolute atomic E-state index is 0.0282. The van der Waals surface area contributed by atoms with E-state index in [4.69, 9.17) is 4.74 Å². The van der Waals surface area contributed by atoms with Gasteiger partial charge in [0, 0.05) is 51.1 Å². The Kier molecular flexibility index (Phi) is 6.66. The summed E-state index contributed by atoms with van der Waals surface area (Å²) in [6.07, 6.45) is 5.12. The van der Waals surface area contributed by atoms with Crippen LogP contribution in [0.3, 0.4) is 0 Å². The summed E-state index contributed by atoms with van der Waals surface area (Å²) in [6.45, 7) is 4.22. The number of carbonyl (C=O) groups excluding carboxylic acids is 2. The molecule has 9 heteroatoms. The zero-order chi connectivity index (χ0) is 25.6. The molecular weight excluding hydrogens is 460 g/mol. The van der Waals surface area contributed by atoms with Crippen LogP contribution in [0.4, 0.5) is 0 Å². The molecule has 5 rings (SSSR count). The summed E-state index contributed by atoms with van der Waals surface area (Å²) in [5.41, 5.74) is -0.0224. The Morgan fingerprint density at radius 1 is 0.972 bits per heavy atom. The first kappa shape index (κ1) is 24.6. The maximum absolute atomic E-state index is 13.2. The highest BCUT2D eigenvalue weighted by Crippen LogP contribution is 2.34. The lowest BCUT2D eigenvalue weighted by Crippen LogP contribution is -2.57. The minimum atomic E-state index is -0.316. The summed E-state index contributed by atoms with van der Waals surface area (Å²) in [4.78, 5) is 55.8. The Morgan fingerprint density at radius 3 is 2.28 bits per heavy atom. The third-order valence-corrected chi connectivity index (χ3v) is 8.34. The Balaban J connectivity index is 1.21. The molecule has 3 fully saturated rings. The first-order valence-corrected chi connectivity index (χ1v) is 13.1. The Labute approximate surface area is 210 Å². The standard InChI is InChI=1S/C27H36N4O5/c1-17-15-29(12-13-30(17)25(33)20-8-9-20)24(32)19-6-4-18(5-7-19)16-31-26(34)22-14-21(36-3)10-11-23(22)28(2)27(31)35/h10-11,14,17-20H,4-9,12-13,15-16H2,1-3H3/t17-,18-,19-/m1/s1. The number of fused-ring (bicyclic) bond motifs is 1. The molecule has 0 bridgehead atoms. The molecule has 9 nitrogen and oxygen atoms in total. The average molecular weight is 497 g/mol. The van der Waals surface area contributed by atoms with Crippen LogP contribution in [0.5, 0.6) is 5.75 Å². The van der Waals surface area contributed by atoms with Crippen LogP contribution in [-0.4, -0.2) is 63.5 Å². The normalized spacial score (nSPS) is 24.7. The minimum Gasteiger partial charge on any atom is -0.497 e. The van der Waals surface area contributed by atoms with Crippen molar-refractivity contribution in [2.24, 2.45) is 24.8 Å². The number of aromatic nitrogens is 2. The molecule has 3 aliphatic rings. The van der Waals surface area contributed by atoms with Crippen LogP contribution in [0, 0.1) is 17.8 Å². The van der Waals surface area contributed by atoms with Gasteiger partial charge in [0.15, 0.2) is 0 Å².